The second-order valence-electron chi connectivity index (χ2n) is 8.70. The number of rotatable bonds is 8. The maximum absolute atomic E-state index is 12.5. The van der Waals surface area contributed by atoms with Crippen LogP contribution in [-0.2, 0) is 16.0 Å². The molecule has 0 radical (unpaired) electrons. The Morgan fingerprint density at radius 2 is 2.09 bits per heavy atom. The number of benzene rings is 1. The lowest BCUT2D eigenvalue weighted by Crippen LogP contribution is -2.32. The summed E-state index contributed by atoms with van der Waals surface area (Å²) >= 11 is 0. The van der Waals surface area contributed by atoms with Gasteiger partial charge < -0.3 is 21.7 Å². The number of hydrogen-bond acceptors (Lipinski definition) is 7. The molecular weight excluding hydrogens is 418 g/mol. The van der Waals surface area contributed by atoms with Gasteiger partial charge in [-0.2, -0.15) is 10.2 Å². The van der Waals surface area contributed by atoms with Gasteiger partial charge >= 0.3 is 0 Å². The zero-order valence-corrected chi connectivity index (χ0v) is 18.7. The number of primary amides is 1. The van der Waals surface area contributed by atoms with E-state index < -0.39 is 0 Å². The maximum Gasteiger partial charge on any atom is 0.232 e. The summed E-state index contributed by atoms with van der Waals surface area (Å²) in [4.78, 5) is 32.6. The van der Waals surface area contributed by atoms with Crippen molar-refractivity contribution in [2.45, 2.75) is 57.4 Å². The lowest BCUT2D eigenvalue weighted by Gasteiger charge is -2.28. The minimum atomic E-state index is -0.246. The van der Waals surface area contributed by atoms with Crippen molar-refractivity contribution >= 4 is 29.3 Å². The van der Waals surface area contributed by atoms with E-state index in [1.54, 1.807) is 0 Å². The molecule has 4 rings (SSSR count). The summed E-state index contributed by atoms with van der Waals surface area (Å²) in [5.74, 6) is 0.360. The molecule has 172 valence electrons. The van der Waals surface area contributed by atoms with Crippen LogP contribution in [0, 0.1) is 17.2 Å². The highest BCUT2D eigenvalue weighted by Crippen LogP contribution is 2.35. The van der Waals surface area contributed by atoms with Crippen LogP contribution in [0.15, 0.2) is 24.4 Å². The van der Waals surface area contributed by atoms with Crippen LogP contribution in [-0.4, -0.2) is 34.4 Å². The van der Waals surface area contributed by atoms with E-state index in [1.807, 2.05) is 12.1 Å². The van der Waals surface area contributed by atoms with Crippen LogP contribution in [0.2, 0.25) is 0 Å². The summed E-state index contributed by atoms with van der Waals surface area (Å²) in [7, 11) is 0. The van der Waals surface area contributed by atoms with E-state index >= 15 is 0 Å². The van der Waals surface area contributed by atoms with E-state index in [-0.39, 0.29) is 29.7 Å². The van der Waals surface area contributed by atoms with Gasteiger partial charge in [-0.1, -0.05) is 19.1 Å². The Morgan fingerprint density at radius 1 is 1.30 bits per heavy atom. The Balaban J connectivity index is 1.37. The van der Waals surface area contributed by atoms with Crippen molar-refractivity contribution in [1.82, 2.24) is 9.97 Å². The third kappa shape index (κ3) is 5.06. The van der Waals surface area contributed by atoms with E-state index in [0.717, 1.165) is 43.4 Å². The summed E-state index contributed by atoms with van der Waals surface area (Å²) in [6.07, 6.45) is 6.08. The SMILES string of the molecule is CCc1ccc2c(c1)C(CCNc1ncc(C#N)c(NC3CCC(C(N)=O)CC3)n1)C(=O)N2. The Hall–Kier alpha value is -3.67. The highest BCUT2D eigenvalue weighted by Gasteiger charge is 2.30. The van der Waals surface area contributed by atoms with Gasteiger partial charge in [-0.25, -0.2) is 4.98 Å². The van der Waals surface area contributed by atoms with Gasteiger partial charge in [0.05, 0.1) is 12.1 Å². The number of carbonyl (C=O) groups excluding carboxylic acids is 2. The van der Waals surface area contributed by atoms with Crippen molar-refractivity contribution in [2.75, 3.05) is 22.5 Å². The van der Waals surface area contributed by atoms with Crippen LogP contribution >= 0.6 is 0 Å². The molecule has 2 heterocycles. The van der Waals surface area contributed by atoms with Gasteiger partial charge in [0.25, 0.3) is 0 Å². The number of nitrogens with one attached hydrogen (secondary N) is 3. The first-order chi connectivity index (χ1) is 16.0. The average Bonchev–Trinajstić information content (AvgIpc) is 3.14. The molecule has 1 aromatic carbocycles. The molecule has 2 aromatic rings. The fourth-order valence-electron chi connectivity index (χ4n) is 4.58. The molecule has 1 saturated carbocycles. The van der Waals surface area contributed by atoms with Gasteiger partial charge in [-0.3, -0.25) is 9.59 Å². The zero-order chi connectivity index (χ0) is 23.4. The van der Waals surface area contributed by atoms with Crippen LogP contribution < -0.4 is 21.7 Å². The largest absolute Gasteiger partial charge is 0.369 e. The first-order valence-corrected chi connectivity index (χ1v) is 11.5. The Morgan fingerprint density at radius 3 is 2.79 bits per heavy atom. The summed E-state index contributed by atoms with van der Waals surface area (Å²) in [5.41, 5.74) is 8.91. The molecule has 9 nitrogen and oxygen atoms in total. The van der Waals surface area contributed by atoms with E-state index in [1.165, 1.54) is 11.8 Å². The van der Waals surface area contributed by atoms with Crippen molar-refractivity contribution in [2.24, 2.45) is 11.7 Å². The van der Waals surface area contributed by atoms with Gasteiger partial charge in [0.15, 0.2) is 0 Å². The number of nitrogens with two attached hydrogens (primary N) is 1. The fraction of sp³-hybridized carbons (Fsp3) is 0.458. The third-order valence-corrected chi connectivity index (χ3v) is 6.57. The first kappa shape index (κ1) is 22.5. The standard InChI is InChI=1S/C24H29N7O2/c1-2-14-3-8-20-19(11-14)18(23(33)30-20)9-10-27-24-28-13-16(12-25)22(31-24)29-17-6-4-15(5-7-17)21(26)32/h3,8,11,13,15,17-18H,2,4-7,9-10H2,1H3,(H2,26,32)(H,30,33)(H2,27,28,29,31). The van der Waals surface area contributed by atoms with Gasteiger partial charge in [0, 0.05) is 24.2 Å². The summed E-state index contributed by atoms with van der Waals surface area (Å²) in [5, 5.41) is 18.9. The van der Waals surface area contributed by atoms with Crippen LogP contribution in [0.3, 0.4) is 0 Å². The van der Waals surface area contributed by atoms with Gasteiger partial charge in [-0.05, 0) is 55.7 Å². The summed E-state index contributed by atoms with van der Waals surface area (Å²) in [6, 6.07) is 8.37. The normalized spacial score (nSPS) is 21.6. The van der Waals surface area contributed by atoms with Crippen molar-refractivity contribution in [1.29, 1.82) is 5.26 Å². The Kier molecular flexibility index (Phi) is 6.73. The van der Waals surface area contributed by atoms with Crippen LogP contribution in [0.5, 0.6) is 0 Å². The molecule has 2 amide bonds. The molecule has 0 saturated heterocycles. The highest BCUT2D eigenvalue weighted by atomic mass is 16.2. The number of aryl methyl sites for hydroxylation is 1. The predicted molar refractivity (Wildman–Crippen MR) is 126 cm³/mol. The van der Waals surface area contributed by atoms with E-state index in [0.29, 0.717) is 30.3 Å². The lowest BCUT2D eigenvalue weighted by atomic mass is 9.85. The first-order valence-electron chi connectivity index (χ1n) is 11.5. The number of nitrogens with zero attached hydrogens (tertiary/aromatic N) is 3. The number of amides is 2. The average molecular weight is 448 g/mol. The van der Waals surface area contributed by atoms with Gasteiger partial charge in [0.1, 0.15) is 17.5 Å². The maximum atomic E-state index is 12.5. The molecule has 0 bridgehead atoms. The topological polar surface area (TPSA) is 146 Å². The van der Waals surface area contributed by atoms with Crippen LogP contribution in [0.1, 0.15) is 61.6 Å². The molecule has 33 heavy (non-hydrogen) atoms. The van der Waals surface area contributed by atoms with E-state index in [9.17, 15) is 14.9 Å². The minimum Gasteiger partial charge on any atom is -0.369 e. The number of aromatic nitrogens is 2. The van der Waals surface area contributed by atoms with Crippen LogP contribution in [0.4, 0.5) is 17.5 Å². The second-order valence-corrected chi connectivity index (χ2v) is 8.70. The van der Waals surface area contributed by atoms with E-state index in [2.05, 4.69) is 45.0 Å². The minimum absolute atomic E-state index is 0.00900. The molecular formula is C24H29N7O2. The molecule has 1 fully saturated rings. The molecule has 1 unspecified atom stereocenters. The molecule has 1 aliphatic heterocycles. The number of anilines is 3. The molecule has 1 aromatic heterocycles. The van der Waals surface area contributed by atoms with Crippen molar-refractivity contribution in [3.8, 4) is 6.07 Å². The molecule has 1 atom stereocenters. The monoisotopic (exact) mass is 447 g/mol. The molecule has 0 spiro atoms. The van der Waals surface area contributed by atoms with Crippen molar-refractivity contribution in [3.63, 3.8) is 0 Å². The summed E-state index contributed by atoms with van der Waals surface area (Å²) < 4.78 is 0. The lowest BCUT2D eigenvalue weighted by molar-refractivity contribution is -0.122. The zero-order valence-electron chi connectivity index (χ0n) is 18.7. The smallest absolute Gasteiger partial charge is 0.232 e. The number of fused-ring (bicyclic) bond motifs is 1. The van der Waals surface area contributed by atoms with E-state index in [4.69, 9.17) is 5.73 Å². The molecule has 2 aliphatic rings. The fourth-order valence-corrected chi connectivity index (χ4v) is 4.58. The number of hydrogen-bond donors (Lipinski definition) is 4. The summed E-state index contributed by atoms with van der Waals surface area (Å²) in [6.45, 7) is 2.61. The number of carbonyl (C=O) groups is 2. The predicted octanol–water partition coefficient (Wildman–Crippen LogP) is 2.90. The third-order valence-electron chi connectivity index (χ3n) is 6.57. The van der Waals surface area contributed by atoms with Crippen molar-refractivity contribution < 1.29 is 9.59 Å². The highest BCUT2D eigenvalue weighted by molar-refractivity contribution is 6.02. The van der Waals surface area contributed by atoms with Gasteiger partial charge in [-0.15, -0.1) is 0 Å². The molecule has 5 N–H and O–H groups in total. The molecule has 1 aliphatic carbocycles. The van der Waals surface area contributed by atoms with Crippen molar-refractivity contribution in [3.05, 3.63) is 41.1 Å². The Bertz CT molecular complexity index is 1090. The van der Waals surface area contributed by atoms with Gasteiger partial charge in [0.2, 0.25) is 17.8 Å². The number of nitriles is 1. The Labute approximate surface area is 193 Å². The van der Waals surface area contributed by atoms with Crippen LogP contribution in [0.25, 0.3) is 0 Å². The quantitative estimate of drug-likeness (QED) is 0.487. The molecule has 9 heteroatoms. The second kappa shape index (κ2) is 9.86.